The van der Waals surface area contributed by atoms with Crippen molar-refractivity contribution in [1.82, 2.24) is 4.90 Å². The Labute approximate surface area is 121 Å². The standard InChI is InChI=1S/C13H15Cl2NO3/c1-3-16(7-8(2)13(18)19)12(17)10-6-9(14)4-5-11(10)15/h4-6,8H,3,7H2,1-2H3,(H,18,19). The van der Waals surface area contributed by atoms with Gasteiger partial charge in [0.1, 0.15) is 0 Å². The third-order valence-corrected chi connectivity index (χ3v) is 3.31. The van der Waals surface area contributed by atoms with Gasteiger partial charge in [0.2, 0.25) is 0 Å². The molecule has 1 rings (SSSR count). The molecule has 0 spiro atoms. The summed E-state index contributed by atoms with van der Waals surface area (Å²) >= 11 is 11.8. The van der Waals surface area contributed by atoms with E-state index < -0.39 is 11.9 Å². The Hall–Kier alpha value is -1.26. The van der Waals surface area contributed by atoms with E-state index >= 15 is 0 Å². The van der Waals surface area contributed by atoms with Crippen molar-refractivity contribution in [3.63, 3.8) is 0 Å². The number of aliphatic carboxylic acids is 1. The van der Waals surface area contributed by atoms with Gasteiger partial charge in [0.15, 0.2) is 0 Å². The van der Waals surface area contributed by atoms with E-state index in [1.54, 1.807) is 26.0 Å². The van der Waals surface area contributed by atoms with E-state index in [0.29, 0.717) is 16.6 Å². The molecule has 0 saturated heterocycles. The number of hydrogen-bond acceptors (Lipinski definition) is 2. The van der Waals surface area contributed by atoms with Gasteiger partial charge in [0, 0.05) is 18.1 Å². The maximum absolute atomic E-state index is 12.3. The molecule has 0 aliphatic rings. The highest BCUT2D eigenvalue weighted by Gasteiger charge is 2.22. The predicted molar refractivity (Wildman–Crippen MR) is 74.8 cm³/mol. The molecule has 1 atom stereocenters. The van der Waals surface area contributed by atoms with E-state index in [1.807, 2.05) is 0 Å². The van der Waals surface area contributed by atoms with Gasteiger partial charge < -0.3 is 10.0 Å². The number of carboxylic acid groups (broad SMARTS) is 1. The molecule has 4 nitrogen and oxygen atoms in total. The lowest BCUT2D eigenvalue weighted by Crippen LogP contribution is -2.36. The first kappa shape index (κ1) is 15.8. The van der Waals surface area contributed by atoms with Gasteiger partial charge in [0.25, 0.3) is 5.91 Å². The van der Waals surface area contributed by atoms with E-state index in [4.69, 9.17) is 28.3 Å². The summed E-state index contributed by atoms with van der Waals surface area (Å²) in [6.45, 7) is 3.87. The zero-order chi connectivity index (χ0) is 14.6. The van der Waals surface area contributed by atoms with E-state index in [1.165, 1.54) is 11.0 Å². The predicted octanol–water partition coefficient (Wildman–Crippen LogP) is 3.18. The molecule has 0 heterocycles. The number of nitrogens with zero attached hydrogens (tertiary/aromatic N) is 1. The normalized spacial score (nSPS) is 12.0. The average Bonchev–Trinajstić information content (AvgIpc) is 2.37. The molecule has 1 amide bonds. The Kier molecular flexibility index (Phi) is 5.63. The second kappa shape index (κ2) is 6.78. The van der Waals surface area contributed by atoms with Crippen LogP contribution < -0.4 is 0 Å². The van der Waals surface area contributed by atoms with Crippen LogP contribution in [0.25, 0.3) is 0 Å². The van der Waals surface area contributed by atoms with Crippen molar-refractivity contribution in [1.29, 1.82) is 0 Å². The fraction of sp³-hybridized carbons (Fsp3) is 0.385. The Morgan fingerprint density at radius 3 is 2.53 bits per heavy atom. The zero-order valence-corrected chi connectivity index (χ0v) is 12.2. The highest BCUT2D eigenvalue weighted by Crippen LogP contribution is 2.22. The summed E-state index contributed by atoms with van der Waals surface area (Å²) in [4.78, 5) is 24.6. The summed E-state index contributed by atoms with van der Waals surface area (Å²) in [7, 11) is 0. The minimum absolute atomic E-state index is 0.132. The third kappa shape index (κ3) is 4.11. The monoisotopic (exact) mass is 303 g/mol. The van der Waals surface area contributed by atoms with Crippen LogP contribution in [0.2, 0.25) is 10.0 Å². The van der Waals surface area contributed by atoms with Crippen molar-refractivity contribution in [2.24, 2.45) is 5.92 Å². The second-order valence-electron chi connectivity index (χ2n) is 4.21. The molecular formula is C13H15Cl2NO3. The van der Waals surface area contributed by atoms with Crippen LogP contribution in [0, 0.1) is 5.92 Å². The first-order chi connectivity index (χ1) is 8.86. The molecule has 6 heteroatoms. The lowest BCUT2D eigenvalue weighted by atomic mass is 10.1. The van der Waals surface area contributed by atoms with Crippen molar-refractivity contribution in [2.45, 2.75) is 13.8 Å². The summed E-state index contributed by atoms with van der Waals surface area (Å²) in [5.41, 5.74) is 0.286. The first-order valence-electron chi connectivity index (χ1n) is 5.84. The van der Waals surface area contributed by atoms with Crippen molar-refractivity contribution >= 4 is 35.1 Å². The van der Waals surface area contributed by atoms with Crippen molar-refractivity contribution < 1.29 is 14.7 Å². The quantitative estimate of drug-likeness (QED) is 0.909. The maximum Gasteiger partial charge on any atom is 0.308 e. The van der Waals surface area contributed by atoms with Crippen molar-refractivity contribution in [3.05, 3.63) is 33.8 Å². The van der Waals surface area contributed by atoms with Crippen LogP contribution >= 0.6 is 23.2 Å². The summed E-state index contributed by atoms with van der Waals surface area (Å²) in [5.74, 6) is -1.89. The second-order valence-corrected chi connectivity index (χ2v) is 5.05. The number of carbonyl (C=O) groups is 2. The number of carbonyl (C=O) groups excluding carboxylic acids is 1. The molecule has 0 bridgehead atoms. The highest BCUT2D eigenvalue weighted by molar-refractivity contribution is 6.35. The van der Waals surface area contributed by atoms with Crippen molar-refractivity contribution in [3.8, 4) is 0 Å². The van der Waals surface area contributed by atoms with Gasteiger partial charge >= 0.3 is 5.97 Å². The Balaban J connectivity index is 2.95. The number of benzene rings is 1. The van der Waals surface area contributed by atoms with Crippen LogP contribution in [0.3, 0.4) is 0 Å². The summed E-state index contributed by atoms with van der Waals surface area (Å²) in [6.07, 6.45) is 0. The third-order valence-electron chi connectivity index (χ3n) is 2.74. The number of rotatable bonds is 5. The molecule has 1 aromatic carbocycles. The molecule has 0 aromatic heterocycles. The smallest absolute Gasteiger partial charge is 0.308 e. The van der Waals surface area contributed by atoms with Crippen molar-refractivity contribution in [2.75, 3.05) is 13.1 Å². The largest absolute Gasteiger partial charge is 0.481 e. The zero-order valence-electron chi connectivity index (χ0n) is 10.7. The summed E-state index contributed by atoms with van der Waals surface area (Å²) in [6, 6.07) is 4.63. The number of amides is 1. The Bertz CT molecular complexity index is 491. The highest BCUT2D eigenvalue weighted by atomic mass is 35.5. The van der Waals surface area contributed by atoms with Crippen LogP contribution in [0.15, 0.2) is 18.2 Å². The molecule has 104 valence electrons. The van der Waals surface area contributed by atoms with Crippen LogP contribution in [-0.2, 0) is 4.79 Å². The van der Waals surface area contributed by atoms with Gasteiger partial charge in [-0.05, 0) is 25.1 Å². The number of halogens is 2. The number of hydrogen-bond donors (Lipinski definition) is 1. The average molecular weight is 304 g/mol. The van der Waals surface area contributed by atoms with E-state index in [2.05, 4.69) is 0 Å². The molecule has 0 aliphatic carbocycles. The Morgan fingerprint density at radius 1 is 1.37 bits per heavy atom. The molecule has 1 aromatic rings. The fourth-order valence-corrected chi connectivity index (χ4v) is 1.97. The molecule has 0 fully saturated rings. The molecule has 0 radical (unpaired) electrons. The summed E-state index contributed by atoms with van der Waals surface area (Å²) in [5, 5.41) is 9.61. The molecular weight excluding hydrogens is 289 g/mol. The van der Waals surface area contributed by atoms with Crippen LogP contribution in [0.4, 0.5) is 0 Å². The minimum Gasteiger partial charge on any atom is -0.481 e. The molecule has 1 N–H and O–H groups in total. The lowest BCUT2D eigenvalue weighted by Gasteiger charge is -2.23. The van der Waals surface area contributed by atoms with E-state index in [9.17, 15) is 9.59 Å². The van der Waals surface area contributed by atoms with Gasteiger partial charge in [-0.1, -0.05) is 30.1 Å². The summed E-state index contributed by atoms with van der Waals surface area (Å²) < 4.78 is 0. The van der Waals surface area contributed by atoms with Gasteiger partial charge in [-0.3, -0.25) is 9.59 Å². The maximum atomic E-state index is 12.3. The molecule has 0 aliphatic heterocycles. The lowest BCUT2D eigenvalue weighted by molar-refractivity contribution is -0.141. The topological polar surface area (TPSA) is 57.6 Å². The van der Waals surface area contributed by atoms with Crippen LogP contribution in [0.1, 0.15) is 24.2 Å². The van der Waals surface area contributed by atoms with E-state index in [0.717, 1.165) is 0 Å². The molecule has 0 saturated carbocycles. The van der Waals surface area contributed by atoms with Crippen LogP contribution in [-0.4, -0.2) is 35.0 Å². The minimum atomic E-state index is -0.941. The number of carboxylic acids is 1. The van der Waals surface area contributed by atoms with Gasteiger partial charge in [-0.15, -0.1) is 0 Å². The first-order valence-corrected chi connectivity index (χ1v) is 6.59. The molecule has 19 heavy (non-hydrogen) atoms. The van der Waals surface area contributed by atoms with E-state index in [-0.39, 0.29) is 18.0 Å². The van der Waals surface area contributed by atoms with Gasteiger partial charge in [-0.2, -0.15) is 0 Å². The van der Waals surface area contributed by atoms with Gasteiger partial charge in [0.05, 0.1) is 16.5 Å². The molecule has 1 unspecified atom stereocenters. The Morgan fingerprint density at radius 2 is 2.00 bits per heavy atom. The fourth-order valence-electron chi connectivity index (χ4n) is 1.60. The van der Waals surface area contributed by atoms with Gasteiger partial charge in [-0.25, -0.2) is 0 Å². The van der Waals surface area contributed by atoms with Crippen LogP contribution in [0.5, 0.6) is 0 Å². The SMILES string of the molecule is CCN(CC(C)C(=O)O)C(=O)c1cc(Cl)ccc1Cl.